The van der Waals surface area contributed by atoms with E-state index in [9.17, 15) is 10.1 Å². The van der Waals surface area contributed by atoms with Gasteiger partial charge in [-0.3, -0.25) is 0 Å². The highest BCUT2D eigenvalue weighted by molar-refractivity contribution is 7.16. The van der Waals surface area contributed by atoms with Gasteiger partial charge in [-0.1, -0.05) is 16.8 Å². The van der Waals surface area contributed by atoms with Crippen molar-refractivity contribution >= 4 is 34.0 Å². The molecule has 2 aliphatic rings. The zero-order chi connectivity index (χ0) is 27.2. The number of likely N-dealkylation sites (tertiary alicyclic amines) is 1. The van der Waals surface area contributed by atoms with Gasteiger partial charge in [-0.05, 0) is 83.4 Å². The fraction of sp³-hybridized carbons (Fsp3) is 0.519. The van der Waals surface area contributed by atoms with Crippen LogP contribution < -0.4 is 5.73 Å². The second-order valence-electron chi connectivity index (χ2n) is 11.2. The lowest BCUT2D eigenvalue weighted by atomic mass is 9.72. The second kappa shape index (κ2) is 9.86. The minimum Gasteiger partial charge on any atom is -0.444 e. The fourth-order valence-corrected chi connectivity index (χ4v) is 6.86. The molecule has 1 amide bonds. The molecular formula is C27H31ClN6O3S. The van der Waals surface area contributed by atoms with E-state index in [0.29, 0.717) is 46.2 Å². The molecule has 3 aromatic heterocycles. The van der Waals surface area contributed by atoms with Crippen LogP contribution in [-0.2, 0) is 16.6 Å². The number of ether oxygens (including phenoxy) is 1. The lowest BCUT2D eigenvalue weighted by molar-refractivity contribution is 0.0205. The largest absolute Gasteiger partial charge is 0.444 e. The number of carbonyl (C=O) groups excluding carboxylic acids is 1. The van der Waals surface area contributed by atoms with Gasteiger partial charge < -0.3 is 19.9 Å². The number of halogens is 1. The number of amides is 1. The highest BCUT2D eigenvalue weighted by Gasteiger charge is 2.43. The van der Waals surface area contributed by atoms with E-state index in [-0.39, 0.29) is 12.0 Å². The van der Waals surface area contributed by atoms with E-state index in [1.807, 2.05) is 39.8 Å². The third kappa shape index (κ3) is 4.97. The number of thiophene rings is 1. The van der Waals surface area contributed by atoms with Gasteiger partial charge in [0.15, 0.2) is 0 Å². The Bertz CT molecular complexity index is 1410. The van der Waals surface area contributed by atoms with Crippen molar-refractivity contribution in [1.82, 2.24) is 20.0 Å². The van der Waals surface area contributed by atoms with Gasteiger partial charge in [-0.25, -0.2) is 9.78 Å². The molecule has 0 bridgehead atoms. The molecule has 0 aromatic carbocycles. The second-order valence-corrected chi connectivity index (χ2v) is 12.7. The molecule has 0 saturated carbocycles. The topological polar surface area (TPSA) is 131 Å². The molecule has 1 aliphatic carbocycles. The van der Waals surface area contributed by atoms with Crippen LogP contribution in [0, 0.1) is 11.3 Å². The average molecular weight is 555 g/mol. The first kappa shape index (κ1) is 26.4. The van der Waals surface area contributed by atoms with Gasteiger partial charge in [-0.15, -0.1) is 11.3 Å². The van der Waals surface area contributed by atoms with Gasteiger partial charge in [0.2, 0.25) is 11.7 Å². The highest BCUT2D eigenvalue weighted by atomic mass is 35.5. The number of piperidine rings is 1. The monoisotopic (exact) mass is 554 g/mol. The van der Waals surface area contributed by atoms with Crippen LogP contribution in [0.4, 0.5) is 9.80 Å². The van der Waals surface area contributed by atoms with E-state index < -0.39 is 11.0 Å². The van der Waals surface area contributed by atoms with E-state index in [0.717, 1.165) is 48.1 Å². The molecule has 1 fully saturated rings. The molecule has 1 unspecified atom stereocenters. The number of hydrogen-bond acceptors (Lipinski definition) is 9. The smallest absolute Gasteiger partial charge is 0.410 e. The van der Waals surface area contributed by atoms with Crippen molar-refractivity contribution in [2.24, 2.45) is 0 Å². The molecule has 11 heteroatoms. The number of rotatable bonds is 3. The Morgan fingerprint density at radius 3 is 2.74 bits per heavy atom. The van der Waals surface area contributed by atoms with Gasteiger partial charge in [0.1, 0.15) is 27.5 Å². The Morgan fingerprint density at radius 1 is 1.32 bits per heavy atom. The van der Waals surface area contributed by atoms with Crippen molar-refractivity contribution in [2.45, 2.75) is 76.7 Å². The summed E-state index contributed by atoms with van der Waals surface area (Å²) in [6, 6.07) is 6.09. The number of aryl methyl sites for hydroxylation is 1. The van der Waals surface area contributed by atoms with Crippen LogP contribution in [0.2, 0.25) is 5.15 Å². The Hall–Kier alpha value is -3.16. The number of pyridine rings is 1. The molecule has 1 atom stereocenters. The molecule has 3 aromatic rings. The molecule has 1 aliphatic heterocycles. The number of fused-ring (bicyclic) bond motifs is 1. The van der Waals surface area contributed by atoms with Crippen LogP contribution in [0.1, 0.15) is 86.8 Å². The summed E-state index contributed by atoms with van der Waals surface area (Å²) in [6.07, 6.45) is 3.88. The Kier molecular flexibility index (Phi) is 6.86. The zero-order valence-corrected chi connectivity index (χ0v) is 23.6. The predicted octanol–water partition coefficient (Wildman–Crippen LogP) is 6.06. The first-order chi connectivity index (χ1) is 18.0. The maximum atomic E-state index is 12.4. The Morgan fingerprint density at radius 2 is 2.05 bits per heavy atom. The lowest BCUT2D eigenvalue weighted by Gasteiger charge is -2.33. The summed E-state index contributed by atoms with van der Waals surface area (Å²) in [6.45, 7) is 8.85. The van der Waals surface area contributed by atoms with Crippen molar-refractivity contribution < 1.29 is 14.1 Å². The minimum atomic E-state index is -0.603. The number of carbonyl (C=O) groups is 1. The van der Waals surface area contributed by atoms with Gasteiger partial charge >= 0.3 is 6.09 Å². The Labute approximate surface area is 230 Å². The standard InChI is InChI=1S/C27H31ClN6O3S/c1-26(2,3)36-25(35)34-10-7-15(8-11-34)16-12-18(31-20(28)13-16)23-32-24(37-33-23)27(4)9-5-6-19-21(27)17(14-29)22(30)38-19/h12-13,15H,5-11,30H2,1-4H3. The summed E-state index contributed by atoms with van der Waals surface area (Å²) in [4.78, 5) is 24.5. The molecule has 2 N–H and O–H groups in total. The quantitative estimate of drug-likeness (QED) is 0.386. The molecule has 9 nitrogen and oxygen atoms in total. The van der Waals surface area contributed by atoms with Crippen LogP contribution in [-0.4, -0.2) is 44.8 Å². The molecule has 5 rings (SSSR count). The number of aromatic nitrogens is 3. The van der Waals surface area contributed by atoms with Gasteiger partial charge in [0.25, 0.3) is 0 Å². The first-order valence-electron chi connectivity index (χ1n) is 12.8. The maximum Gasteiger partial charge on any atom is 0.410 e. The van der Waals surface area contributed by atoms with Crippen molar-refractivity contribution in [3.8, 4) is 17.6 Å². The molecule has 4 heterocycles. The molecule has 38 heavy (non-hydrogen) atoms. The van der Waals surface area contributed by atoms with Gasteiger partial charge in [0, 0.05) is 23.5 Å². The SMILES string of the molecule is CC(C)(C)OC(=O)N1CCC(c2cc(Cl)nc(-c3noc(C4(C)CCCc5sc(N)c(C#N)c54)n3)c2)CC1. The predicted molar refractivity (Wildman–Crippen MR) is 145 cm³/mol. The highest BCUT2D eigenvalue weighted by Crippen LogP contribution is 2.48. The maximum absolute atomic E-state index is 12.4. The summed E-state index contributed by atoms with van der Waals surface area (Å²) >= 11 is 7.90. The number of nitrogen functional groups attached to an aromatic ring is 1. The zero-order valence-electron chi connectivity index (χ0n) is 22.0. The third-order valence-electron chi connectivity index (χ3n) is 7.31. The summed E-state index contributed by atoms with van der Waals surface area (Å²) < 4.78 is 11.3. The fourth-order valence-electron chi connectivity index (χ4n) is 5.45. The van der Waals surface area contributed by atoms with E-state index in [2.05, 4.69) is 16.2 Å². The van der Waals surface area contributed by atoms with Crippen LogP contribution >= 0.6 is 22.9 Å². The average Bonchev–Trinajstić information content (AvgIpc) is 3.48. The van der Waals surface area contributed by atoms with E-state index in [1.54, 1.807) is 4.90 Å². The number of hydrogen-bond donors (Lipinski definition) is 1. The van der Waals surface area contributed by atoms with E-state index >= 15 is 0 Å². The summed E-state index contributed by atoms with van der Waals surface area (Å²) in [7, 11) is 0. The van der Waals surface area contributed by atoms with Crippen molar-refractivity contribution in [2.75, 3.05) is 18.8 Å². The van der Waals surface area contributed by atoms with Crippen LogP contribution in [0.25, 0.3) is 11.5 Å². The van der Waals surface area contributed by atoms with Crippen LogP contribution in [0.3, 0.4) is 0 Å². The molecule has 200 valence electrons. The Balaban J connectivity index is 1.38. The lowest BCUT2D eigenvalue weighted by Crippen LogP contribution is -2.41. The molecular weight excluding hydrogens is 524 g/mol. The van der Waals surface area contributed by atoms with Crippen molar-refractivity contribution in [3.05, 3.63) is 44.7 Å². The summed E-state index contributed by atoms with van der Waals surface area (Å²) in [5.74, 6) is 1.01. The first-order valence-corrected chi connectivity index (χ1v) is 14.0. The molecule has 1 saturated heterocycles. The molecule has 0 radical (unpaired) electrons. The number of nitriles is 1. The molecule has 0 spiro atoms. The third-order valence-corrected chi connectivity index (χ3v) is 8.59. The number of nitrogens with two attached hydrogens (primary N) is 1. The van der Waals surface area contributed by atoms with Crippen molar-refractivity contribution in [3.63, 3.8) is 0 Å². The van der Waals surface area contributed by atoms with Crippen molar-refractivity contribution in [1.29, 1.82) is 5.26 Å². The van der Waals surface area contributed by atoms with E-state index in [1.165, 1.54) is 11.3 Å². The summed E-state index contributed by atoms with van der Waals surface area (Å²) in [5.41, 5.74) is 8.00. The number of anilines is 1. The van der Waals surface area contributed by atoms with Gasteiger partial charge in [0.05, 0.1) is 11.0 Å². The van der Waals surface area contributed by atoms with Crippen LogP contribution in [0.15, 0.2) is 16.7 Å². The van der Waals surface area contributed by atoms with E-state index in [4.69, 9.17) is 31.6 Å². The number of nitrogens with zero attached hydrogens (tertiary/aromatic N) is 5. The minimum absolute atomic E-state index is 0.213. The van der Waals surface area contributed by atoms with Crippen LogP contribution in [0.5, 0.6) is 0 Å². The van der Waals surface area contributed by atoms with Gasteiger partial charge in [-0.2, -0.15) is 10.2 Å². The normalized spacial score (nSPS) is 20.2. The summed E-state index contributed by atoms with van der Waals surface area (Å²) in [5, 5.41) is 14.9.